The second kappa shape index (κ2) is 10.0. The van der Waals surface area contributed by atoms with Gasteiger partial charge in [-0.05, 0) is 47.9 Å². The van der Waals surface area contributed by atoms with E-state index in [9.17, 15) is 10.5 Å². The summed E-state index contributed by atoms with van der Waals surface area (Å²) in [5, 5.41) is 19.9. The number of ether oxygens (including phenoxy) is 4. The Bertz CT molecular complexity index is 1020. The SMILES string of the molecule is COc1ccc(/C=C(\C)C(C#N)(C#N)Cc2cc(OC)c(OC)cc2Br)cc1OC. The van der Waals surface area contributed by atoms with Crippen LogP contribution in [0.25, 0.3) is 6.08 Å². The zero-order valence-electron chi connectivity index (χ0n) is 17.6. The van der Waals surface area contributed by atoms with Crippen LogP contribution in [-0.4, -0.2) is 28.4 Å². The van der Waals surface area contributed by atoms with Crippen molar-refractivity contribution in [2.24, 2.45) is 5.41 Å². The highest BCUT2D eigenvalue weighted by molar-refractivity contribution is 9.10. The van der Waals surface area contributed by atoms with E-state index in [0.717, 1.165) is 15.6 Å². The monoisotopic (exact) mass is 470 g/mol. The van der Waals surface area contributed by atoms with E-state index in [4.69, 9.17) is 18.9 Å². The molecular formula is C23H23BrN2O4. The van der Waals surface area contributed by atoms with Gasteiger partial charge in [-0.3, -0.25) is 0 Å². The molecule has 6 nitrogen and oxygen atoms in total. The second-order valence-electron chi connectivity index (χ2n) is 6.55. The topological polar surface area (TPSA) is 84.5 Å². The number of allylic oxidation sites excluding steroid dienone is 1. The maximum absolute atomic E-state index is 9.96. The fourth-order valence-corrected chi connectivity index (χ4v) is 3.52. The highest BCUT2D eigenvalue weighted by atomic mass is 79.9. The van der Waals surface area contributed by atoms with Crippen molar-refractivity contribution in [3.8, 4) is 35.1 Å². The number of rotatable bonds is 8. The molecule has 0 aliphatic heterocycles. The molecule has 0 fully saturated rings. The summed E-state index contributed by atoms with van der Waals surface area (Å²) in [5.74, 6) is 2.27. The molecule has 156 valence electrons. The molecule has 0 N–H and O–H groups in total. The summed E-state index contributed by atoms with van der Waals surface area (Å²) in [6.45, 7) is 1.78. The summed E-state index contributed by atoms with van der Waals surface area (Å²) < 4.78 is 22.0. The fraction of sp³-hybridized carbons (Fsp3) is 0.304. The van der Waals surface area contributed by atoms with E-state index in [1.807, 2.05) is 12.1 Å². The molecule has 2 aromatic carbocycles. The van der Waals surface area contributed by atoms with E-state index in [1.54, 1.807) is 59.6 Å². The quantitative estimate of drug-likeness (QED) is 0.529. The van der Waals surface area contributed by atoms with Crippen molar-refractivity contribution in [1.29, 1.82) is 10.5 Å². The Labute approximate surface area is 185 Å². The molecule has 2 rings (SSSR count). The summed E-state index contributed by atoms with van der Waals surface area (Å²) >= 11 is 3.51. The molecule has 0 bridgehead atoms. The van der Waals surface area contributed by atoms with Gasteiger partial charge in [0.15, 0.2) is 28.4 Å². The van der Waals surface area contributed by atoms with Gasteiger partial charge in [-0.2, -0.15) is 10.5 Å². The van der Waals surface area contributed by atoms with Crippen molar-refractivity contribution >= 4 is 22.0 Å². The number of benzene rings is 2. The number of halogens is 1. The molecule has 0 saturated carbocycles. The Morgan fingerprint density at radius 3 is 1.97 bits per heavy atom. The van der Waals surface area contributed by atoms with Crippen LogP contribution in [0.1, 0.15) is 18.1 Å². The molecule has 7 heteroatoms. The van der Waals surface area contributed by atoms with Gasteiger partial charge in [-0.25, -0.2) is 0 Å². The molecule has 0 saturated heterocycles. The number of hydrogen-bond donors (Lipinski definition) is 0. The van der Waals surface area contributed by atoms with E-state index in [0.29, 0.717) is 28.6 Å². The summed E-state index contributed by atoms with van der Waals surface area (Å²) in [6, 6.07) is 13.4. The van der Waals surface area contributed by atoms with Gasteiger partial charge in [-0.1, -0.05) is 28.1 Å². The van der Waals surface area contributed by atoms with Crippen LogP contribution in [0.15, 0.2) is 40.4 Å². The third-order valence-electron chi connectivity index (χ3n) is 4.85. The predicted molar refractivity (Wildman–Crippen MR) is 118 cm³/mol. The molecule has 0 spiro atoms. The van der Waals surface area contributed by atoms with Crippen LogP contribution in [0.2, 0.25) is 0 Å². The van der Waals surface area contributed by atoms with Crippen molar-refractivity contribution < 1.29 is 18.9 Å². The molecule has 0 unspecified atom stereocenters. The minimum Gasteiger partial charge on any atom is -0.493 e. The van der Waals surface area contributed by atoms with Crippen LogP contribution in [0, 0.1) is 28.1 Å². The smallest absolute Gasteiger partial charge is 0.168 e. The predicted octanol–water partition coefficient (Wildman–Crippen LogP) is 5.16. The summed E-state index contributed by atoms with van der Waals surface area (Å²) in [5.41, 5.74) is 0.804. The van der Waals surface area contributed by atoms with Gasteiger partial charge < -0.3 is 18.9 Å². The largest absolute Gasteiger partial charge is 0.493 e. The molecule has 0 aliphatic rings. The Morgan fingerprint density at radius 2 is 1.43 bits per heavy atom. The van der Waals surface area contributed by atoms with Gasteiger partial charge in [0.05, 0.1) is 40.6 Å². The molecule has 0 atom stereocenters. The van der Waals surface area contributed by atoms with Crippen LogP contribution in [-0.2, 0) is 6.42 Å². The van der Waals surface area contributed by atoms with Gasteiger partial charge in [0, 0.05) is 10.9 Å². The summed E-state index contributed by atoms with van der Waals surface area (Å²) in [4.78, 5) is 0. The van der Waals surface area contributed by atoms with Crippen molar-refractivity contribution in [3.63, 3.8) is 0 Å². The first-order chi connectivity index (χ1) is 14.4. The minimum absolute atomic E-state index is 0.177. The van der Waals surface area contributed by atoms with Crippen LogP contribution in [0.3, 0.4) is 0 Å². The zero-order chi connectivity index (χ0) is 22.3. The molecule has 2 aromatic rings. The van der Waals surface area contributed by atoms with E-state index in [1.165, 1.54) is 0 Å². The number of nitriles is 2. The van der Waals surface area contributed by atoms with Crippen molar-refractivity contribution in [3.05, 3.63) is 51.5 Å². The highest BCUT2D eigenvalue weighted by Crippen LogP contribution is 2.39. The average molecular weight is 471 g/mol. The highest BCUT2D eigenvalue weighted by Gasteiger charge is 2.34. The normalized spacial score (nSPS) is 11.3. The lowest BCUT2D eigenvalue weighted by Crippen LogP contribution is -2.21. The third kappa shape index (κ3) is 4.69. The molecular weight excluding hydrogens is 448 g/mol. The first-order valence-electron chi connectivity index (χ1n) is 9.01. The Hall–Kier alpha value is -3.16. The first kappa shape index (κ1) is 23.1. The minimum atomic E-state index is -1.37. The lowest BCUT2D eigenvalue weighted by molar-refractivity contribution is 0.354. The Morgan fingerprint density at radius 1 is 0.900 bits per heavy atom. The number of hydrogen-bond acceptors (Lipinski definition) is 6. The van der Waals surface area contributed by atoms with Gasteiger partial charge in [0.1, 0.15) is 0 Å². The van der Waals surface area contributed by atoms with Crippen molar-refractivity contribution in [1.82, 2.24) is 0 Å². The molecule has 0 amide bonds. The van der Waals surface area contributed by atoms with E-state index < -0.39 is 5.41 Å². The number of methoxy groups -OCH3 is 4. The number of nitrogens with zero attached hydrogens (tertiary/aromatic N) is 2. The van der Waals surface area contributed by atoms with E-state index in [-0.39, 0.29) is 6.42 Å². The Balaban J connectivity index is 2.49. The Kier molecular flexibility index (Phi) is 7.74. The molecule has 0 aromatic heterocycles. The average Bonchev–Trinajstić information content (AvgIpc) is 2.77. The lowest BCUT2D eigenvalue weighted by Gasteiger charge is -2.22. The molecule has 0 radical (unpaired) electrons. The van der Waals surface area contributed by atoms with Crippen LogP contribution in [0.5, 0.6) is 23.0 Å². The molecule has 0 heterocycles. The van der Waals surface area contributed by atoms with Gasteiger partial charge >= 0.3 is 0 Å². The molecule has 0 aliphatic carbocycles. The molecule has 30 heavy (non-hydrogen) atoms. The van der Waals surface area contributed by atoms with Gasteiger partial charge in [-0.15, -0.1) is 0 Å². The maximum atomic E-state index is 9.96. The van der Waals surface area contributed by atoms with Crippen molar-refractivity contribution in [2.75, 3.05) is 28.4 Å². The third-order valence-corrected chi connectivity index (χ3v) is 5.59. The fourth-order valence-electron chi connectivity index (χ4n) is 3.05. The van der Waals surface area contributed by atoms with Gasteiger partial charge in [0.2, 0.25) is 0 Å². The van der Waals surface area contributed by atoms with Crippen molar-refractivity contribution in [2.45, 2.75) is 13.3 Å². The maximum Gasteiger partial charge on any atom is 0.168 e. The summed E-state index contributed by atoms with van der Waals surface area (Å²) in [6.07, 6.45) is 1.99. The first-order valence-corrected chi connectivity index (χ1v) is 9.81. The van der Waals surface area contributed by atoms with Crippen LogP contribution < -0.4 is 18.9 Å². The van der Waals surface area contributed by atoms with Crippen LogP contribution >= 0.6 is 15.9 Å². The van der Waals surface area contributed by atoms with E-state index in [2.05, 4.69) is 28.1 Å². The summed E-state index contributed by atoms with van der Waals surface area (Å²) in [7, 11) is 6.21. The van der Waals surface area contributed by atoms with Gasteiger partial charge in [0.25, 0.3) is 0 Å². The lowest BCUT2D eigenvalue weighted by atomic mass is 9.77. The van der Waals surface area contributed by atoms with E-state index >= 15 is 0 Å². The van der Waals surface area contributed by atoms with Crippen LogP contribution in [0.4, 0.5) is 0 Å². The zero-order valence-corrected chi connectivity index (χ0v) is 19.2. The standard InChI is InChI=1S/C23H23BrN2O4/c1-15(8-16-6-7-19(27-2)20(9-16)28-3)23(13-25,14-26)12-17-10-21(29-4)22(30-5)11-18(17)24/h6-11H,12H2,1-5H3/b15-8+. The second-order valence-corrected chi connectivity index (χ2v) is 7.40.